The van der Waals surface area contributed by atoms with Crippen molar-refractivity contribution in [2.24, 2.45) is 0 Å². The summed E-state index contributed by atoms with van der Waals surface area (Å²) >= 11 is 0. The number of fused-ring (bicyclic) bond motifs is 1. The van der Waals surface area contributed by atoms with E-state index in [2.05, 4.69) is 15.4 Å². The first-order chi connectivity index (χ1) is 15.1. The van der Waals surface area contributed by atoms with Gasteiger partial charge < -0.3 is 5.32 Å². The molecule has 0 fully saturated rings. The monoisotopic (exact) mass is 417 g/mol. The molecule has 0 spiro atoms. The van der Waals surface area contributed by atoms with Gasteiger partial charge in [-0.05, 0) is 29.3 Å². The first kappa shape index (κ1) is 20.2. The number of benzene rings is 2. The molecule has 0 atom stereocenters. The predicted molar refractivity (Wildman–Crippen MR) is 116 cm³/mol. The van der Waals surface area contributed by atoms with Crippen LogP contribution in [0.3, 0.4) is 0 Å². The summed E-state index contributed by atoms with van der Waals surface area (Å²) in [6, 6.07) is 15.5. The second-order valence-electron chi connectivity index (χ2n) is 6.94. The van der Waals surface area contributed by atoms with Gasteiger partial charge in [0.05, 0.1) is 19.3 Å². The van der Waals surface area contributed by atoms with E-state index in [9.17, 15) is 14.0 Å². The van der Waals surface area contributed by atoms with Gasteiger partial charge in [0.15, 0.2) is 5.65 Å². The normalized spacial score (nSPS) is 11.3. The highest BCUT2D eigenvalue weighted by atomic mass is 19.1. The minimum atomic E-state index is -0.325. The summed E-state index contributed by atoms with van der Waals surface area (Å²) in [4.78, 5) is 29.1. The van der Waals surface area contributed by atoms with Crippen LogP contribution in [-0.2, 0) is 17.9 Å². The van der Waals surface area contributed by atoms with Crippen molar-refractivity contribution >= 4 is 23.0 Å². The fraction of sp³-hybridized carbons (Fsp3) is 0.130. The molecule has 0 aliphatic heterocycles. The molecule has 0 aliphatic rings. The number of halogens is 1. The third-order valence-corrected chi connectivity index (χ3v) is 4.74. The van der Waals surface area contributed by atoms with Crippen LogP contribution in [0.5, 0.6) is 0 Å². The Labute approximate surface area is 177 Å². The van der Waals surface area contributed by atoms with Gasteiger partial charge in [-0.1, -0.05) is 42.5 Å². The molecule has 156 valence electrons. The Hall–Kier alpha value is -4.07. The fourth-order valence-electron chi connectivity index (χ4n) is 3.14. The van der Waals surface area contributed by atoms with Crippen LogP contribution in [0.1, 0.15) is 11.1 Å². The molecule has 4 aromatic rings. The van der Waals surface area contributed by atoms with Crippen LogP contribution in [-0.4, -0.2) is 31.8 Å². The standard InChI is InChI=1S/C23H20FN5O2/c24-19-9-6-18(7-10-19)15-28-16-26-22-20(23(28)31)14-27-29(22)13-12-25-21(30)11-8-17-4-2-1-3-5-17/h1-11,14,16H,12-13,15H2,(H,25,30)/b11-8-. The van der Waals surface area contributed by atoms with Gasteiger partial charge in [0.25, 0.3) is 5.56 Å². The Morgan fingerprint density at radius 1 is 1.10 bits per heavy atom. The number of rotatable bonds is 7. The smallest absolute Gasteiger partial charge is 0.264 e. The maximum Gasteiger partial charge on any atom is 0.264 e. The van der Waals surface area contributed by atoms with Gasteiger partial charge in [0, 0.05) is 12.6 Å². The highest BCUT2D eigenvalue weighted by Gasteiger charge is 2.10. The van der Waals surface area contributed by atoms with E-state index in [0.717, 1.165) is 11.1 Å². The van der Waals surface area contributed by atoms with Crippen molar-refractivity contribution < 1.29 is 9.18 Å². The molecule has 31 heavy (non-hydrogen) atoms. The molecule has 1 N–H and O–H groups in total. The molecule has 0 radical (unpaired) electrons. The Bertz CT molecular complexity index is 1280. The number of nitrogens with one attached hydrogen (secondary N) is 1. The Morgan fingerprint density at radius 3 is 2.65 bits per heavy atom. The second-order valence-corrected chi connectivity index (χ2v) is 6.94. The molecule has 0 saturated carbocycles. The fourth-order valence-corrected chi connectivity index (χ4v) is 3.14. The molecule has 0 bridgehead atoms. The lowest BCUT2D eigenvalue weighted by Crippen LogP contribution is -2.26. The topological polar surface area (TPSA) is 81.8 Å². The summed E-state index contributed by atoms with van der Waals surface area (Å²) in [7, 11) is 0. The average molecular weight is 417 g/mol. The lowest BCUT2D eigenvalue weighted by Gasteiger charge is -2.07. The van der Waals surface area contributed by atoms with E-state index in [1.807, 2.05) is 30.3 Å². The van der Waals surface area contributed by atoms with Gasteiger partial charge >= 0.3 is 0 Å². The van der Waals surface area contributed by atoms with Crippen LogP contribution >= 0.6 is 0 Å². The molecule has 0 unspecified atom stereocenters. The van der Waals surface area contributed by atoms with Gasteiger partial charge in [-0.3, -0.25) is 14.2 Å². The molecule has 8 heteroatoms. The van der Waals surface area contributed by atoms with Crippen molar-refractivity contribution in [3.8, 4) is 0 Å². The molecular formula is C23H20FN5O2. The van der Waals surface area contributed by atoms with E-state index < -0.39 is 0 Å². The maximum absolute atomic E-state index is 13.1. The summed E-state index contributed by atoms with van der Waals surface area (Å²) in [6.07, 6.45) is 6.14. The molecule has 2 aromatic carbocycles. The zero-order chi connectivity index (χ0) is 21.6. The summed E-state index contributed by atoms with van der Waals surface area (Å²) in [5.74, 6) is -0.538. The molecule has 1 amide bonds. The van der Waals surface area contributed by atoms with Gasteiger partial charge in [-0.2, -0.15) is 5.10 Å². The number of carbonyl (C=O) groups excluding carboxylic acids is 1. The summed E-state index contributed by atoms with van der Waals surface area (Å²) in [5.41, 5.74) is 1.96. The van der Waals surface area contributed by atoms with E-state index in [-0.39, 0.29) is 23.8 Å². The first-order valence-corrected chi connectivity index (χ1v) is 9.76. The van der Waals surface area contributed by atoms with Crippen molar-refractivity contribution in [1.29, 1.82) is 0 Å². The van der Waals surface area contributed by atoms with E-state index in [1.165, 1.54) is 35.3 Å². The van der Waals surface area contributed by atoms with E-state index in [4.69, 9.17) is 0 Å². The van der Waals surface area contributed by atoms with Gasteiger partial charge in [-0.15, -0.1) is 0 Å². The van der Waals surface area contributed by atoms with Gasteiger partial charge in [-0.25, -0.2) is 14.1 Å². The number of carbonyl (C=O) groups is 1. The first-order valence-electron chi connectivity index (χ1n) is 9.76. The largest absolute Gasteiger partial charge is 0.351 e. The van der Waals surface area contributed by atoms with Crippen LogP contribution in [0, 0.1) is 5.82 Å². The Morgan fingerprint density at radius 2 is 1.87 bits per heavy atom. The van der Waals surface area contributed by atoms with Crippen LogP contribution in [0.15, 0.2) is 78.0 Å². The lowest BCUT2D eigenvalue weighted by molar-refractivity contribution is -0.116. The van der Waals surface area contributed by atoms with Crippen LogP contribution in [0.4, 0.5) is 4.39 Å². The molecule has 0 saturated heterocycles. The number of nitrogens with zero attached hydrogens (tertiary/aromatic N) is 4. The van der Waals surface area contributed by atoms with E-state index in [0.29, 0.717) is 24.1 Å². The third kappa shape index (κ3) is 4.92. The van der Waals surface area contributed by atoms with Crippen molar-refractivity contribution in [1.82, 2.24) is 24.6 Å². The van der Waals surface area contributed by atoms with E-state index in [1.54, 1.807) is 22.9 Å². The third-order valence-electron chi connectivity index (χ3n) is 4.74. The summed E-state index contributed by atoms with van der Waals surface area (Å²) in [6.45, 7) is 1.01. The second kappa shape index (κ2) is 9.17. The molecule has 7 nitrogen and oxygen atoms in total. The van der Waals surface area contributed by atoms with Crippen molar-refractivity contribution in [3.05, 3.63) is 100 Å². The van der Waals surface area contributed by atoms with Crippen LogP contribution in [0.25, 0.3) is 17.1 Å². The lowest BCUT2D eigenvalue weighted by atomic mass is 10.2. The summed E-state index contributed by atoms with van der Waals surface area (Å²) in [5, 5.41) is 7.41. The minimum absolute atomic E-state index is 0.213. The SMILES string of the molecule is O=C(/C=C\c1ccccc1)NCCn1ncc2c(=O)n(Cc3ccc(F)cc3)cnc21. The minimum Gasteiger partial charge on any atom is -0.351 e. The van der Waals surface area contributed by atoms with Crippen molar-refractivity contribution in [2.45, 2.75) is 13.1 Å². The number of amides is 1. The average Bonchev–Trinajstić information content (AvgIpc) is 3.20. The van der Waals surface area contributed by atoms with E-state index >= 15 is 0 Å². The molecule has 0 aliphatic carbocycles. The summed E-state index contributed by atoms with van der Waals surface area (Å²) < 4.78 is 16.1. The zero-order valence-electron chi connectivity index (χ0n) is 16.6. The molecule has 4 rings (SSSR count). The maximum atomic E-state index is 13.1. The van der Waals surface area contributed by atoms with Crippen molar-refractivity contribution in [2.75, 3.05) is 6.54 Å². The quantitative estimate of drug-likeness (QED) is 0.469. The Kier molecular flexibility index (Phi) is 5.98. The highest BCUT2D eigenvalue weighted by Crippen LogP contribution is 2.08. The molecule has 2 aromatic heterocycles. The highest BCUT2D eigenvalue weighted by molar-refractivity contribution is 5.91. The van der Waals surface area contributed by atoms with Crippen molar-refractivity contribution in [3.63, 3.8) is 0 Å². The van der Waals surface area contributed by atoms with Gasteiger partial charge in [0.1, 0.15) is 17.5 Å². The number of hydrogen-bond donors (Lipinski definition) is 1. The number of aromatic nitrogens is 4. The molecule has 2 heterocycles. The molecular weight excluding hydrogens is 397 g/mol. The van der Waals surface area contributed by atoms with Crippen LogP contribution < -0.4 is 10.9 Å². The van der Waals surface area contributed by atoms with Gasteiger partial charge in [0.2, 0.25) is 5.91 Å². The zero-order valence-corrected chi connectivity index (χ0v) is 16.6. The predicted octanol–water partition coefficient (Wildman–Crippen LogP) is 2.61. The van der Waals surface area contributed by atoms with Crippen LogP contribution in [0.2, 0.25) is 0 Å². The Balaban J connectivity index is 1.39. The number of hydrogen-bond acceptors (Lipinski definition) is 4.